The lowest BCUT2D eigenvalue weighted by molar-refractivity contribution is -0.0559. The number of allylic oxidation sites excluding steroid dienone is 3. The van der Waals surface area contributed by atoms with E-state index in [2.05, 4.69) is 54.2 Å². The van der Waals surface area contributed by atoms with Gasteiger partial charge in [0.1, 0.15) is 0 Å². The summed E-state index contributed by atoms with van der Waals surface area (Å²) in [7, 11) is 0. The van der Waals surface area contributed by atoms with E-state index in [4.69, 9.17) is 0 Å². The third kappa shape index (κ3) is 3.28. The summed E-state index contributed by atoms with van der Waals surface area (Å²) in [6, 6.07) is 0. The third-order valence-electron chi connectivity index (χ3n) is 11.3. The van der Waals surface area contributed by atoms with Crippen LogP contribution in [0.15, 0.2) is 23.8 Å². The third-order valence-corrected chi connectivity index (χ3v) is 11.3. The molecule has 0 aromatic heterocycles. The minimum absolute atomic E-state index is 0.0537. The summed E-state index contributed by atoms with van der Waals surface area (Å²) < 4.78 is 0. The SMILES string of the molecule is C=C(CC[C@@H](C)[C@H]1CC[C@@]2(C)[C@@H]3CC[C@H]4C[C@@H](O)CC[C@]4(C)C3=CC[C@]12C)C(C)C. The van der Waals surface area contributed by atoms with Gasteiger partial charge in [-0.3, -0.25) is 0 Å². The minimum Gasteiger partial charge on any atom is -0.393 e. The van der Waals surface area contributed by atoms with Crippen molar-refractivity contribution in [3.8, 4) is 0 Å². The summed E-state index contributed by atoms with van der Waals surface area (Å²) in [5.41, 5.74) is 4.49. The summed E-state index contributed by atoms with van der Waals surface area (Å²) in [6.07, 6.45) is 15.2. The molecule has 4 aliphatic rings. The monoisotopic (exact) mass is 412 g/mol. The fraction of sp³-hybridized carbons (Fsp3) is 0.862. The molecule has 1 nitrogen and oxygen atoms in total. The van der Waals surface area contributed by atoms with Crippen LogP contribution < -0.4 is 0 Å². The van der Waals surface area contributed by atoms with Gasteiger partial charge in [-0.15, -0.1) is 0 Å². The highest BCUT2D eigenvalue weighted by Crippen LogP contribution is 2.71. The molecular formula is C29H48O. The Hall–Kier alpha value is -0.560. The van der Waals surface area contributed by atoms with Gasteiger partial charge in [0.2, 0.25) is 0 Å². The Labute approximate surface area is 186 Å². The van der Waals surface area contributed by atoms with E-state index in [1.165, 1.54) is 56.9 Å². The van der Waals surface area contributed by atoms with E-state index in [-0.39, 0.29) is 6.10 Å². The van der Waals surface area contributed by atoms with Crippen LogP contribution in [0.3, 0.4) is 0 Å². The molecule has 1 heteroatoms. The van der Waals surface area contributed by atoms with Crippen LogP contribution in [-0.2, 0) is 0 Å². The fourth-order valence-electron chi connectivity index (χ4n) is 8.73. The van der Waals surface area contributed by atoms with Crippen LogP contribution in [0, 0.1) is 45.8 Å². The molecule has 0 aliphatic heterocycles. The molecule has 4 aliphatic carbocycles. The molecule has 170 valence electrons. The Bertz CT molecular complexity index is 703. The first kappa shape index (κ1) is 22.6. The average molecular weight is 413 g/mol. The van der Waals surface area contributed by atoms with Crippen molar-refractivity contribution in [3.05, 3.63) is 23.8 Å². The highest BCUT2D eigenvalue weighted by atomic mass is 16.3. The molecule has 8 atom stereocenters. The van der Waals surface area contributed by atoms with Crippen LogP contribution in [0.1, 0.15) is 106 Å². The zero-order valence-corrected chi connectivity index (χ0v) is 20.8. The number of hydrogen-bond donors (Lipinski definition) is 1. The largest absolute Gasteiger partial charge is 0.393 e. The molecule has 0 aromatic rings. The maximum Gasteiger partial charge on any atom is 0.0543 e. The lowest BCUT2D eigenvalue weighted by atomic mass is 9.44. The van der Waals surface area contributed by atoms with Gasteiger partial charge >= 0.3 is 0 Å². The molecule has 0 amide bonds. The summed E-state index contributed by atoms with van der Waals surface area (Å²) in [5, 5.41) is 10.3. The van der Waals surface area contributed by atoms with Gasteiger partial charge in [-0.1, -0.05) is 65.3 Å². The Morgan fingerprint density at radius 3 is 2.50 bits per heavy atom. The van der Waals surface area contributed by atoms with Crippen LogP contribution in [0.25, 0.3) is 0 Å². The Balaban J connectivity index is 1.57. The first-order chi connectivity index (χ1) is 14.0. The molecule has 1 N–H and O–H groups in total. The van der Waals surface area contributed by atoms with E-state index >= 15 is 0 Å². The van der Waals surface area contributed by atoms with Crippen molar-refractivity contribution in [3.63, 3.8) is 0 Å². The summed E-state index contributed by atoms with van der Waals surface area (Å²) in [5.74, 6) is 3.73. The smallest absolute Gasteiger partial charge is 0.0543 e. The highest BCUT2D eigenvalue weighted by Gasteiger charge is 2.63. The van der Waals surface area contributed by atoms with Crippen molar-refractivity contribution in [1.29, 1.82) is 0 Å². The molecule has 0 saturated heterocycles. The predicted octanol–water partition coefficient (Wildman–Crippen LogP) is 7.94. The highest BCUT2D eigenvalue weighted by molar-refractivity contribution is 5.31. The number of aliphatic hydroxyl groups is 1. The van der Waals surface area contributed by atoms with Crippen molar-refractivity contribution in [2.75, 3.05) is 0 Å². The van der Waals surface area contributed by atoms with Crippen LogP contribution in [0.2, 0.25) is 0 Å². The molecule has 0 heterocycles. The first-order valence-corrected chi connectivity index (χ1v) is 13.1. The molecule has 0 radical (unpaired) electrons. The molecule has 4 rings (SSSR count). The van der Waals surface area contributed by atoms with Crippen molar-refractivity contribution < 1.29 is 5.11 Å². The number of aliphatic hydroxyl groups excluding tert-OH is 1. The second-order valence-corrected chi connectivity index (χ2v) is 12.8. The van der Waals surface area contributed by atoms with E-state index in [9.17, 15) is 5.11 Å². The standard InChI is InChI=1S/C29H48O/c1-19(2)20(3)8-9-21(4)24-13-16-29(7)26-11-10-22-18-23(30)12-15-27(22,5)25(26)14-17-28(24,29)6/h14,19,21-24,26,30H,3,8-13,15-18H2,1-2,4-7H3/t21-,22+,23+,24-,26-,27+,28-,29+/m1/s1. The van der Waals surface area contributed by atoms with Gasteiger partial charge in [0.15, 0.2) is 0 Å². The molecule has 30 heavy (non-hydrogen) atoms. The molecule has 0 aromatic carbocycles. The Morgan fingerprint density at radius 2 is 1.80 bits per heavy atom. The molecular weight excluding hydrogens is 364 g/mol. The molecule has 3 fully saturated rings. The van der Waals surface area contributed by atoms with Gasteiger partial charge in [0, 0.05) is 0 Å². The van der Waals surface area contributed by atoms with Crippen LogP contribution in [0.5, 0.6) is 0 Å². The summed E-state index contributed by atoms with van der Waals surface area (Å²) in [6.45, 7) is 19.3. The first-order valence-electron chi connectivity index (χ1n) is 13.1. The van der Waals surface area contributed by atoms with E-state index in [0.29, 0.717) is 28.1 Å². The second kappa shape index (κ2) is 7.79. The van der Waals surface area contributed by atoms with Gasteiger partial charge in [-0.05, 0) is 110 Å². The lowest BCUT2D eigenvalue weighted by Gasteiger charge is -2.61. The minimum atomic E-state index is -0.0537. The van der Waals surface area contributed by atoms with Crippen LogP contribution in [0.4, 0.5) is 0 Å². The maximum absolute atomic E-state index is 10.3. The average Bonchev–Trinajstić information content (AvgIpc) is 2.97. The van der Waals surface area contributed by atoms with E-state index < -0.39 is 0 Å². The fourth-order valence-corrected chi connectivity index (χ4v) is 8.73. The molecule has 0 spiro atoms. The second-order valence-electron chi connectivity index (χ2n) is 12.8. The zero-order valence-electron chi connectivity index (χ0n) is 20.8. The van der Waals surface area contributed by atoms with Crippen LogP contribution in [-0.4, -0.2) is 11.2 Å². The van der Waals surface area contributed by atoms with Crippen molar-refractivity contribution >= 4 is 0 Å². The zero-order chi connectivity index (χ0) is 21.9. The quantitative estimate of drug-likeness (QED) is 0.454. The lowest BCUT2D eigenvalue weighted by Crippen LogP contribution is -2.53. The van der Waals surface area contributed by atoms with Crippen LogP contribution >= 0.6 is 0 Å². The Kier molecular flexibility index (Phi) is 5.87. The molecule has 0 bridgehead atoms. The van der Waals surface area contributed by atoms with Gasteiger partial charge < -0.3 is 5.11 Å². The molecule has 0 unspecified atom stereocenters. The van der Waals surface area contributed by atoms with Crippen molar-refractivity contribution in [2.45, 2.75) is 112 Å². The molecule has 3 saturated carbocycles. The van der Waals surface area contributed by atoms with E-state index in [1.54, 1.807) is 0 Å². The summed E-state index contributed by atoms with van der Waals surface area (Å²) in [4.78, 5) is 0. The van der Waals surface area contributed by atoms with Crippen molar-refractivity contribution in [2.24, 2.45) is 45.8 Å². The number of fused-ring (bicyclic) bond motifs is 5. The van der Waals surface area contributed by atoms with E-state index in [1.807, 2.05) is 5.57 Å². The normalized spacial score (nSPS) is 46.6. The van der Waals surface area contributed by atoms with Crippen molar-refractivity contribution in [1.82, 2.24) is 0 Å². The maximum atomic E-state index is 10.3. The van der Waals surface area contributed by atoms with Gasteiger partial charge in [-0.2, -0.15) is 0 Å². The summed E-state index contributed by atoms with van der Waals surface area (Å²) >= 11 is 0. The van der Waals surface area contributed by atoms with Gasteiger partial charge in [-0.25, -0.2) is 0 Å². The Morgan fingerprint density at radius 1 is 1.07 bits per heavy atom. The predicted molar refractivity (Wildman–Crippen MR) is 128 cm³/mol. The number of hydrogen-bond acceptors (Lipinski definition) is 1. The van der Waals surface area contributed by atoms with Gasteiger partial charge in [0.25, 0.3) is 0 Å². The van der Waals surface area contributed by atoms with E-state index in [0.717, 1.165) is 30.6 Å². The van der Waals surface area contributed by atoms with Gasteiger partial charge in [0.05, 0.1) is 6.10 Å². The topological polar surface area (TPSA) is 20.2 Å². The number of rotatable bonds is 5.